The standard InChI is InChI=1S/C10H20N4O3S/c1-7(5-14(3)4)13-18(16,17)10-8(2)11-12-9(10)6-15/h7,13,15H,5-6H2,1-4H3,(H,11,12). The van der Waals surface area contributed by atoms with E-state index < -0.39 is 16.6 Å². The molecule has 0 radical (unpaired) electrons. The average Bonchev–Trinajstić information content (AvgIpc) is 2.57. The lowest BCUT2D eigenvalue weighted by molar-refractivity contribution is 0.273. The Morgan fingerprint density at radius 3 is 2.61 bits per heavy atom. The van der Waals surface area contributed by atoms with Gasteiger partial charge >= 0.3 is 0 Å². The van der Waals surface area contributed by atoms with Gasteiger partial charge in [-0.15, -0.1) is 0 Å². The molecule has 0 amide bonds. The van der Waals surface area contributed by atoms with Gasteiger partial charge in [-0.05, 0) is 27.9 Å². The maximum Gasteiger partial charge on any atom is 0.244 e. The van der Waals surface area contributed by atoms with Crippen molar-refractivity contribution in [3.05, 3.63) is 11.4 Å². The number of hydrogen-bond acceptors (Lipinski definition) is 5. The van der Waals surface area contributed by atoms with E-state index in [1.54, 1.807) is 13.8 Å². The number of nitrogens with one attached hydrogen (secondary N) is 2. The summed E-state index contributed by atoms with van der Waals surface area (Å²) in [6.07, 6.45) is 0. The van der Waals surface area contributed by atoms with Crippen molar-refractivity contribution in [3.8, 4) is 0 Å². The number of sulfonamides is 1. The van der Waals surface area contributed by atoms with Gasteiger partial charge in [-0.25, -0.2) is 13.1 Å². The van der Waals surface area contributed by atoms with Crippen molar-refractivity contribution in [3.63, 3.8) is 0 Å². The van der Waals surface area contributed by atoms with Crippen molar-refractivity contribution in [2.45, 2.75) is 31.4 Å². The molecular weight excluding hydrogens is 256 g/mol. The first kappa shape index (κ1) is 15.1. The Bertz CT molecular complexity index is 495. The number of aryl methyl sites for hydroxylation is 1. The van der Waals surface area contributed by atoms with Crippen molar-refractivity contribution in [2.75, 3.05) is 20.6 Å². The zero-order valence-electron chi connectivity index (χ0n) is 11.1. The molecular formula is C10H20N4O3S. The molecule has 0 aliphatic heterocycles. The second kappa shape index (κ2) is 5.79. The van der Waals surface area contributed by atoms with Crippen molar-refractivity contribution >= 4 is 10.0 Å². The summed E-state index contributed by atoms with van der Waals surface area (Å²) < 4.78 is 26.9. The summed E-state index contributed by atoms with van der Waals surface area (Å²) in [5.74, 6) is 0. The van der Waals surface area contributed by atoms with Crippen LogP contribution in [0.15, 0.2) is 4.90 Å². The van der Waals surface area contributed by atoms with Crippen LogP contribution in [0.4, 0.5) is 0 Å². The van der Waals surface area contributed by atoms with Gasteiger partial charge in [0.05, 0.1) is 12.3 Å². The van der Waals surface area contributed by atoms with Crippen LogP contribution >= 0.6 is 0 Å². The first-order valence-corrected chi connectivity index (χ1v) is 7.08. The van der Waals surface area contributed by atoms with Gasteiger partial charge < -0.3 is 10.0 Å². The van der Waals surface area contributed by atoms with Gasteiger partial charge in [-0.3, -0.25) is 5.10 Å². The maximum absolute atomic E-state index is 12.2. The smallest absolute Gasteiger partial charge is 0.244 e. The number of aliphatic hydroxyl groups excluding tert-OH is 1. The van der Waals surface area contributed by atoms with Crippen LogP contribution in [-0.4, -0.2) is 55.3 Å². The molecule has 0 aliphatic carbocycles. The monoisotopic (exact) mass is 276 g/mol. The quantitative estimate of drug-likeness (QED) is 0.647. The predicted molar refractivity (Wildman–Crippen MR) is 67.6 cm³/mol. The SMILES string of the molecule is Cc1[nH]nc(CO)c1S(=O)(=O)NC(C)CN(C)C. The molecule has 1 aromatic rings. The summed E-state index contributed by atoms with van der Waals surface area (Å²) in [5, 5.41) is 15.4. The molecule has 0 bridgehead atoms. The Hall–Kier alpha value is -0.960. The van der Waals surface area contributed by atoms with Gasteiger partial charge in [0.15, 0.2) is 0 Å². The Labute approximate surface area is 107 Å². The minimum Gasteiger partial charge on any atom is -0.390 e. The highest BCUT2D eigenvalue weighted by Gasteiger charge is 2.25. The maximum atomic E-state index is 12.2. The zero-order chi connectivity index (χ0) is 13.9. The van der Waals surface area contributed by atoms with E-state index in [0.29, 0.717) is 12.2 Å². The molecule has 3 N–H and O–H groups in total. The van der Waals surface area contributed by atoms with Gasteiger partial charge in [0.25, 0.3) is 0 Å². The van der Waals surface area contributed by atoms with E-state index in [-0.39, 0.29) is 16.6 Å². The molecule has 0 aliphatic rings. The fraction of sp³-hybridized carbons (Fsp3) is 0.700. The van der Waals surface area contributed by atoms with Crippen molar-refractivity contribution in [2.24, 2.45) is 0 Å². The largest absolute Gasteiger partial charge is 0.390 e. The summed E-state index contributed by atoms with van der Waals surface area (Å²) in [7, 11) is 0.0706. The van der Waals surface area contributed by atoms with E-state index in [4.69, 9.17) is 5.11 Å². The number of aliphatic hydroxyl groups is 1. The lowest BCUT2D eigenvalue weighted by Crippen LogP contribution is -2.39. The van der Waals surface area contributed by atoms with Gasteiger partial charge in [0.2, 0.25) is 10.0 Å². The molecule has 1 rings (SSSR count). The Morgan fingerprint density at radius 1 is 1.50 bits per heavy atom. The van der Waals surface area contributed by atoms with Crippen LogP contribution in [0, 0.1) is 6.92 Å². The minimum atomic E-state index is -3.67. The van der Waals surface area contributed by atoms with Gasteiger partial charge in [0.1, 0.15) is 10.6 Å². The first-order chi connectivity index (χ1) is 8.27. The summed E-state index contributed by atoms with van der Waals surface area (Å²) in [6, 6.07) is -0.231. The van der Waals surface area contributed by atoms with Crippen molar-refractivity contribution in [1.82, 2.24) is 19.8 Å². The third-order valence-electron chi connectivity index (χ3n) is 2.38. The van der Waals surface area contributed by atoms with Gasteiger partial charge in [-0.2, -0.15) is 5.10 Å². The van der Waals surface area contributed by atoms with Crippen LogP contribution in [0.1, 0.15) is 18.3 Å². The minimum absolute atomic E-state index is 0.0376. The predicted octanol–water partition coefficient (Wildman–Crippen LogP) is -0.561. The molecule has 0 aromatic carbocycles. The number of hydrogen-bond donors (Lipinski definition) is 3. The van der Waals surface area contributed by atoms with Crippen molar-refractivity contribution in [1.29, 1.82) is 0 Å². The highest BCUT2D eigenvalue weighted by atomic mass is 32.2. The molecule has 1 atom stereocenters. The van der Waals surface area contributed by atoms with Crippen LogP contribution in [0.5, 0.6) is 0 Å². The van der Waals surface area contributed by atoms with Gasteiger partial charge in [0, 0.05) is 12.6 Å². The second-order valence-electron chi connectivity index (χ2n) is 4.57. The lowest BCUT2D eigenvalue weighted by atomic mass is 10.3. The van der Waals surface area contributed by atoms with Crippen LogP contribution in [0.3, 0.4) is 0 Å². The highest BCUT2D eigenvalue weighted by Crippen LogP contribution is 2.17. The highest BCUT2D eigenvalue weighted by molar-refractivity contribution is 7.89. The molecule has 104 valence electrons. The first-order valence-electron chi connectivity index (χ1n) is 5.59. The van der Waals surface area contributed by atoms with E-state index in [1.807, 2.05) is 19.0 Å². The fourth-order valence-electron chi connectivity index (χ4n) is 1.84. The fourth-order valence-corrected chi connectivity index (χ4v) is 3.43. The Kier molecular flexibility index (Phi) is 4.85. The third kappa shape index (κ3) is 3.52. The number of H-pyrrole nitrogens is 1. The molecule has 0 fully saturated rings. The molecule has 18 heavy (non-hydrogen) atoms. The molecule has 0 spiro atoms. The normalized spacial score (nSPS) is 14.1. The van der Waals surface area contributed by atoms with Crippen LogP contribution in [0.2, 0.25) is 0 Å². The molecule has 7 nitrogen and oxygen atoms in total. The van der Waals surface area contributed by atoms with E-state index >= 15 is 0 Å². The number of aromatic nitrogens is 2. The van der Waals surface area contributed by atoms with E-state index in [0.717, 1.165) is 0 Å². The molecule has 0 saturated carbocycles. The van der Waals surface area contributed by atoms with Gasteiger partial charge in [-0.1, -0.05) is 0 Å². The van der Waals surface area contributed by atoms with Crippen LogP contribution in [0.25, 0.3) is 0 Å². The summed E-state index contributed by atoms with van der Waals surface area (Å²) in [5.41, 5.74) is 0.556. The molecule has 1 aromatic heterocycles. The zero-order valence-corrected chi connectivity index (χ0v) is 11.9. The summed E-state index contributed by atoms with van der Waals surface area (Å²) in [6.45, 7) is 3.57. The Balaban J connectivity index is 2.96. The lowest BCUT2D eigenvalue weighted by Gasteiger charge is -2.18. The topological polar surface area (TPSA) is 98.3 Å². The molecule has 0 saturated heterocycles. The number of nitrogens with zero attached hydrogens (tertiary/aromatic N) is 2. The van der Waals surface area contributed by atoms with E-state index in [2.05, 4.69) is 14.9 Å². The summed E-state index contributed by atoms with van der Waals surface area (Å²) >= 11 is 0. The average molecular weight is 276 g/mol. The van der Waals surface area contributed by atoms with Crippen LogP contribution in [-0.2, 0) is 16.6 Å². The Morgan fingerprint density at radius 2 is 2.11 bits per heavy atom. The molecule has 8 heteroatoms. The van der Waals surface area contributed by atoms with Crippen LogP contribution < -0.4 is 4.72 Å². The third-order valence-corrected chi connectivity index (χ3v) is 4.17. The summed E-state index contributed by atoms with van der Waals surface area (Å²) in [4.78, 5) is 1.93. The van der Waals surface area contributed by atoms with E-state index in [1.165, 1.54) is 0 Å². The van der Waals surface area contributed by atoms with E-state index in [9.17, 15) is 8.42 Å². The number of likely N-dealkylation sites (N-methyl/N-ethyl adjacent to an activating group) is 1. The second-order valence-corrected chi connectivity index (χ2v) is 6.22. The molecule has 1 heterocycles. The number of rotatable bonds is 6. The molecule has 1 unspecified atom stereocenters. The number of aromatic amines is 1. The van der Waals surface area contributed by atoms with Crippen molar-refractivity contribution < 1.29 is 13.5 Å².